The van der Waals surface area contributed by atoms with E-state index in [2.05, 4.69) is 25.9 Å². The number of pyridine rings is 1. The Morgan fingerprint density at radius 2 is 1.85 bits per heavy atom. The Labute approximate surface area is 197 Å². The molecule has 2 fully saturated rings. The van der Waals surface area contributed by atoms with Gasteiger partial charge in [-0.2, -0.15) is 4.39 Å². The molecule has 180 valence electrons. The molecule has 5 N–H and O–H groups in total. The Bertz CT molecular complexity index is 1150. The third kappa shape index (κ3) is 5.27. The number of carbonyl (C=O) groups excluding carboxylic acids is 1. The van der Waals surface area contributed by atoms with E-state index in [0.29, 0.717) is 29.2 Å². The Kier molecular flexibility index (Phi) is 6.57. The Hall–Kier alpha value is -3.27. The highest BCUT2D eigenvalue weighted by atomic mass is 19.1. The van der Waals surface area contributed by atoms with Gasteiger partial charge in [-0.15, -0.1) is 5.10 Å². The Morgan fingerprint density at radius 3 is 2.59 bits per heavy atom. The van der Waals surface area contributed by atoms with E-state index in [1.807, 2.05) is 6.07 Å². The minimum absolute atomic E-state index is 0.278. The molecule has 0 radical (unpaired) electrons. The zero-order chi connectivity index (χ0) is 23.5. The molecule has 34 heavy (non-hydrogen) atoms. The van der Waals surface area contributed by atoms with E-state index in [1.54, 1.807) is 4.52 Å². The first-order chi connectivity index (χ1) is 16.6. The van der Waals surface area contributed by atoms with Crippen LogP contribution >= 0.6 is 0 Å². The average molecular weight is 467 g/mol. The summed E-state index contributed by atoms with van der Waals surface area (Å²) in [5.74, 6) is 0.393. The lowest BCUT2D eigenvalue weighted by atomic mass is 9.83. The maximum atomic E-state index is 13.4. The first kappa shape index (κ1) is 22.5. The molecular weight excluding hydrogens is 435 g/mol. The molecule has 3 aromatic heterocycles. The molecule has 3 aromatic rings. The summed E-state index contributed by atoms with van der Waals surface area (Å²) in [7, 11) is 0. The molecular formula is C24H31FN8O. The van der Waals surface area contributed by atoms with Crippen LogP contribution in [-0.2, 0) is 0 Å². The van der Waals surface area contributed by atoms with Crippen LogP contribution in [0.2, 0.25) is 0 Å². The number of nitrogens with zero attached hydrogens (tertiary/aromatic N) is 4. The molecule has 0 aliphatic heterocycles. The minimum Gasteiger partial charge on any atom is -0.379 e. The predicted molar refractivity (Wildman–Crippen MR) is 129 cm³/mol. The fraction of sp³-hybridized carbons (Fsp3) is 0.500. The fourth-order valence-electron chi connectivity index (χ4n) is 4.63. The van der Waals surface area contributed by atoms with E-state index in [-0.39, 0.29) is 5.69 Å². The second-order valence-electron chi connectivity index (χ2n) is 9.35. The lowest BCUT2D eigenvalue weighted by molar-refractivity contribution is 0.102. The van der Waals surface area contributed by atoms with Gasteiger partial charge in [0, 0.05) is 36.1 Å². The highest BCUT2D eigenvalue weighted by Crippen LogP contribution is 2.32. The highest BCUT2D eigenvalue weighted by molar-refractivity contribution is 6.03. The second kappa shape index (κ2) is 9.92. The van der Waals surface area contributed by atoms with Crippen LogP contribution in [0.1, 0.15) is 61.9 Å². The summed E-state index contributed by atoms with van der Waals surface area (Å²) in [4.78, 5) is 20.9. The molecule has 0 unspecified atom stereocenters. The summed E-state index contributed by atoms with van der Waals surface area (Å²) < 4.78 is 15.0. The van der Waals surface area contributed by atoms with Crippen LogP contribution < -0.4 is 21.7 Å². The van der Waals surface area contributed by atoms with Crippen molar-refractivity contribution in [3.8, 4) is 0 Å². The van der Waals surface area contributed by atoms with E-state index >= 15 is 0 Å². The largest absolute Gasteiger partial charge is 0.379 e. The second-order valence-corrected chi connectivity index (χ2v) is 9.35. The van der Waals surface area contributed by atoms with Gasteiger partial charge >= 0.3 is 0 Å². The van der Waals surface area contributed by atoms with Crippen molar-refractivity contribution < 1.29 is 9.18 Å². The Morgan fingerprint density at radius 1 is 1.09 bits per heavy atom. The van der Waals surface area contributed by atoms with E-state index in [1.165, 1.54) is 43.8 Å². The summed E-state index contributed by atoms with van der Waals surface area (Å²) >= 11 is 0. The van der Waals surface area contributed by atoms with Crippen LogP contribution in [0.3, 0.4) is 0 Å². The van der Waals surface area contributed by atoms with Crippen LogP contribution in [0.5, 0.6) is 0 Å². The highest BCUT2D eigenvalue weighted by Gasteiger charge is 2.26. The van der Waals surface area contributed by atoms with Gasteiger partial charge in [0.15, 0.2) is 11.3 Å². The molecule has 10 heteroatoms. The van der Waals surface area contributed by atoms with Gasteiger partial charge in [-0.25, -0.2) is 14.5 Å². The number of anilines is 3. The summed E-state index contributed by atoms with van der Waals surface area (Å²) in [6.45, 7) is 0.760. The molecule has 5 rings (SSSR count). The van der Waals surface area contributed by atoms with E-state index < -0.39 is 11.9 Å². The van der Waals surface area contributed by atoms with E-state index in [9.17, 15) is 9.18 Å². The summed E-state index contributed by atoms with van der Waals surface area (Å²) in [5.41, 5.74) is 7.71. The number of fused-ring (bicyclic) bond motifs is 1. The van der Waals surface area contributed by atoms with Crippen molar-refractivity contribution in [2.24, 2.45) is 11.7 Å². The molecule has 2 aliphatic rings. The SMILES string of the molecule is NCCCC1CCC(Nc2cc(NC3CC3)c3ncc(C(=O)Nc4ccnc(F)c4)n3n2)CC1. The molecule has 3 heterocycles. The summed E-state index contributed by atoms with van der Waals surface area (Å²) in [6, 6.07) is 5.46. The number of carbonyl (C=O) groups is 1. The zero-order valence-electron chi connectivity index (χ0n) is 19.1. The molecule has 0 aromatic carbocycles. The number of amides is 1. The normalized spacial score (nSPS) is 20.3. The minimum atomic E-state index is -0.658. The van der Waals surface area contributed by atoms with Crippen molar-refractivity contribution in [2.45, 2.75) is 63.5 Å². The van der Waals surface area contributed by atoms with Gasteiger partial charge in [-0.1, -0.05) is 0 Å². The number of halogens is 1. The number of aromatic nitrogens is 4. The molecule has 0 spiro atoms. The van der Waals surface area contributed by atoms with Crippen molar-refractivity contribution in [3.63, 3.8) is 0 Å². The van der Waals surface area contributed by atoms with Crippen molar-refractivity contribution in [2.75, 3.05) is 22.5 Å². The van der Waals surface area contributed by atoms with Crippen LogP contribution in [0.25, 0.3) is 5.65 Å². The molecule has 0 atom stereocenters. The van der Waals surface area contributed by atoms with Gasteiger partial charge in [0.1, 0.15) is 5.82 Å². The van der Waals surface area contributed by atoms with Gasteiger partial charge < -0.3 is 21.7 Å². The quantitative estimate of drug-likeness (QED) is 0.354. The van der Waals surface area contributed by atoms with E-state index in [0.717, 1.165) is 50.3 Å². The van der Waals surface area contributed by atoms with Crippen molar-refractivity contribution >= 4 is 28.7 Å². The van der Waals surface area contributed by atoms with Gasteiger partial charge in [0.25, 0.3) is 5.91 Å². The standard InChI is InChI=1S/C24H31FN8O/c25-21-12-18(9-11-27-21)31-24(34)20-14-28-23-19(29-16-7-8-16)13-22(32-33(20)23)30-17-5-3-15(4-6-17)2-1-10-26/h9,11-17,29H,1-8,10,26H2,(H,30,32)(H,27,31,34). The molecule has 9 nitrogen and oxygen atoms in total. The monoisotopic (exact) mass is 466 g/mol. The summed E-state index contributed by atoms with van der Waals surface area (Å²) in [5, 5.41) is 14.5. The molecule has 2 saturated carbocycles. The third-order valence-corrected chi connectivity index (χ3v) is 6.64. The van der Waals surface area contributed by atoms with Crippen LogP contribution in [0, 0.1) is 11.9 Å². The summed E-state index contributed by atoms with van der Waals surface area (Å²) in [6.07, 6.45) is 11.9. The van der Waals surface area contributed by atoms with Gasteiger partial charge in [0.2, 0.25) is 5.95 Å². The number of imidazole rings is 1. The lowest BCUT2D eigenvalue weighted by Gasteiger charge is -2.29. The van der Waals surface area contributed by atoms with E-state index in [4.69, 9.17) is 10.8 Å². The van der Waals surface area contributed by atoms with Crippen molar-refractivity contribution in [1.82, 2.24) is 19.6 Å². The topological polar surface area (TPSA) is 122 Å². The first-order valence-corrected chi connectivity index (χ1v) is 12.1. The molecule has 2 aliphatic carbocycles. The molecule has 0 saturated heterocycles. The molecule has 1 amide bonds. The number of nitrogens with one attached hydrogen (secondary N) is 3. The van der Waals surface area contributed by atoms with Gasteiger partial charge in [0.05, 0.1) is 11.9 Å². The average Bonchev–Trinajstić information content (AvgIpc) is 3.54. The smallest absolute Gasteiger partial charge is 0.276 e. The molecule has 0 bridgehead atoms. The van der Waals surface area contributed by atoms with Gasteiger partial charge in [-0.05, 0) is 69.9 Å². The number of nitrogens with two attached hydrogens (primary N) is 1. The number of hydrogen-bond donors (Lipinski definition) is 4. The van der Waals surface area contributed by atoms with Crippen molar-refractivity contribution in [1.29, 1.82) is 0 Å². The van der Waals surface area contributed by atoms with Crippen LogP contribution in [0.15, 0.2) is 30.6 Å². The first-order valence-electron chi connectivity index (χ1n) is 12.1. The lowest BCUT2D eigenvalue weighted by Crippen LogP contribution is -2.27. The zero-order valence-corrected chi connectivity index (χ0v) is 19.1. The Balaban J connectivity index is 1.36. The third-order valence-electron chi connectivity index (χ3n) is 6.64. The van der Waals surface area contributed by atoms with Crippen LogP contribution in [-0.4, -0.2) is 44.1 Å². The number of hydrogen-bond acceptors (Lipinski definition) is 7. The van der Waals surface area contributed by atoms with Crippen molar-refractivity contribution in [3.05, 3.63) is 42.2 Å². The van der Waals surface area contributed by atoms with Crippen LogP contribution in [0.4, 0.5) is 21.6 Å². The predicted octanol–water partition coefficient (Wildman–Crippen LogP) is 3.80. The maximum Gasteiger partial charge on any atom is 0.276 e. The van der Waals surface area contributed by atoms with Gasteiger partial charge in [-0.3, -0.25) is 4.79 Å². The number of rotatable bonds is 9. The fourth-order valence-corrected chi connectivity index (χ4v) is 4.63. The maximum absolute atomic E-state index is 13.4.